The van der Waals surface area contributed by atoms with Gasteiger partial charge in [0.2, 0.25) is 0 Å². The predicted octanol–water partition coefficient (Wildman–Crippen LogP) is 1.98. The molecule has 0 saturated carbocycles. The molecule has 1 atom stereocenters. The van der Waals surface area contributed by atoms with Gasteiger partial charge in [0.25, 0.3) is 0 Å². The summed E-state index contributed by atoms with van der Waals surface area (Å²) in [6.07, 6.45) is 0. The van der Waals surface area contributed by atoms with Crippen LogP contribution < -0.4 is 0 Å². The van der Waals surface area contributed by atoms with Gasteiger partial charge in [0.15, 0.2) is 0 Å². The second-order valence-electron chi connectivity index (χ2n) is 2.50. The number of aliphatic hydroxyl groups is 1. The summed E-state index contributed by atoms with van der Waals surface area (Å²) in [6.45, 7) is 0. The monoisotopic (exact) mass is 398 g/mol. The zero-order valence-electron chi connectivity index (χ0n) is 6.79. The van der Waals surface area contributed by atoms with E-state index in [0.717, 1.165) is 29.0 Å². The molecule has 1 aromatic heterocycles. The Hall–Kier alpha value is -0.0917. The fourth-order valence-electron chi connectivity index (χ4n) is 1.08. The number of hydrogen-bond acceptors (Lipinski definition) is 3. The summed E-state index contributed by atoms with van der Waals surface area (Å²) < 4.78 is 1.37. The van der Waals surface area contributed by atoms with Crippen molar-refractivity contribution in [3.8, 4) is 0 Å². The van der Waals surface area contributed by atoms with Crippen molar-refractivity contribution >= 4 is 29.0 Å². The Morgan fingerprint density at radius 3 is 2.93 bits per heavy atom. The molecule has 1 radical (unpaired) electrons. The topological polar surface area (TPSA) is 50.9 Å². The van der Waals surface area contributed by atoms with Gasteiger partial charge in [0.05, 0.1) is 0 Å². The minimum atomic E-state index is -0.657. The molecule has 14 heavy (non-hydrogen) atoms. The zero-order chi connectivity index (χ0) is 10.1. The Kier molecular flexibility index (Phi) is 3.12. The summed E-state index contributed by atoms with van der Waals surface area (Å²) in [5.74, 6) is 0. The molecule has 4 nitrogen and oxygen atoms in total. The van der Waals surface area contributed by atoms with Crippen LogP contribution in [0, 0.1) is 5.56 Å². The molecule has 0 aliphatic heterocycles. The van der Waals surface area contributed by atoms with Crippen molar-refractivity contribution < 1.29 is 23.1 Å². The number of aliphatic hydroxyl groups excluding tert-OH is 1. The van der Waals surface area contributed by atoms with E-state index in [0.29, 0.717) is 0 Å². The fraction of sp³-hybridized carbons (Fsp3) is 0. The molecule has 1 N–H and O–H groups in total. The standard InChI is InChI=1S/C7H5ClN3OS.W/c8-13-7(12)11-6-4-2-1-3-5(6)9-10-11;/h1-4,12H;. The Labute approximate surface area is 96.6 Å². The average Bonchev–Trinajstić information content (AvgIpc) is 2.60. The molecule has 0 saturated heterocycles. The third kappa shape index (κ3) is 1.82. The van der Waals surface area contributed by atoms with Gasteiger partial charge >= 0.3 is 96.9 Å². The summed E-state index contributed by atoms with van der Waals surface area (Å²) in [6, 6.07) is 7.41. The third-order valence-electron chi connectivity index (χ3n) is 1.68. The van der Waals surface area contributed by atoms with Crippen LogP contribution in [-0.4, -0.2) is 20.1 Å². The molecule has 1 aromatic carbocycles. The van der Waals surface area contributed by atoms with E-state index in [9.17, 15) is 5.11 Å². The molecule has 0 aliphatic rings. The first-order chi connectivity index (χ1) is 6.70. The quantitative estimate of drug-likeness (QED) is 0.842. The molecule has 1 heterocycles. The van der Waals surface area contributed by atoms with Gasteiger partial charge in [0, 0.05) is 0 Å². The Bertz CT molecular complexity index is 488. The van der Waals surface area contributed by atoms with Crippen molar-refractivity contribution in [2.24, 2.45) is 0 Å². The first-order valence-electron chi connectivity index (χ1n) is 3.65. The first kappa shape index (κ1) is 10.4. The van der Waals surface area contributed by atoms with Crippen LogP contribution in [0.4, 0.5) is 0 Å². The maximum absolute atomic E-state index is 9.66. The van der Waals surface area contributed by atoms with Gasteiger partial charge in [-0.2, -0.15) is 0 Å². The Balaban J connectivity index is 2.58. The Morgan fingerprint density at radius 1 is 1.50 bits per heavy atom. The molecule has 0 aliphatic carbocycles. The van der Waals surface area contributed by atoms with Crippen LogP contribution in [-0.2, 0) is 18.0 Å². The van der Waals surface area contributed by atoms with Crippen molar-refractivity contribution in [1.29, 1.82) is 0 Å². The van der Waals surface area contributed by atoms with E-state index in [2.05, 4.69) is 10.3 Å². The number of rotatable bonds is 2. The molecule has 73 valence electrons. The van der Waals surface area contributed by atoms with Gasteiger partial charge in [0.1, 0.15) is 0 Å². The van der Waals surface area contributed by atoms with E-state index in [-0.39, 0.29) is 5.56 Å². The molecule has 2 aromatic rings. The normalized spacial score (nSPS) is 13.6. The van der Waals surface area contributed by atoms with E-state index in [1.165, 1.54) is 4.68 Å². The number of aromatic nitrogens is 3. The zero-order valence-corrected chi connectivity index (χ0v) is 11.3. The van der Waals surface area contributed by atoms with Gasteiger partial charge in [-0.3, -0.25) is 0 Å². The van der Waals surface area contributed by atoms with Gasteiger partial charge < -0.3 is 0 Å². The van der Waals surface area contributed by atoms with Crippen LogP contribution in [0.2, 0.25) is 0 Å². The van der Waals surface area contributed by atoms with E-state index < -0.39 is 7.30 Å². The molecule has 0 spiro atoms. The van der Waals surface area contributed by atoms with Crippen LogP contribution in [0.5, 0.6) is 0 Å². The summed E-state index contributed by atoms with van der Waals surface area (Å²) >= 11 is 1.10. The van der Waals surface area contributed by atoms with Gasteiger partial charge in [-0.25, -0.2) is 0 Å². The maximum atomic E-state index is 9.66. The molecule has 2 rings (SSSR count). The summed E-state index contributed by atoms with van der Waals surface area (Å²) in [7, 11) is 5.15. The average molecular weight is 398 g/mol. The van der Waals surface area contributed by atoms with Crippen LogP contribution in [0.1, 0.15) is 0 Å². The molecule has 0 fully saturated rings. The second-order valence-corrected chi connectivity index (χ2v) is 10.0. The summed E-state index contributed by atoms with van der Waals surface area (Å²) in [5, 5.41) is 17.4. The third-order valence-corrected chi connectivity index (χ3v) is 4.16. The van der Waals surface area contributed by atoms with Crippen molar-refractivity contribution in [3.63, 3.8) is 0 Å². The molecular weight excluding hydrogens is 393 g/mol. The molecule has 0 amide bonds. The van der Waals surface area contributed by atoms with E-state index in [1.807, 2.05) is 24.3 Å². The van der Waals surface area contributed by atoms with Crippen molar-refractivity contribution in [1.82, 2.24) is 15.0 Å². The van der Waals surface area contributed by atoms with Crippen LogP contribution in [0.3, 0.4) is 0 Å². The molecule has 1 unspecified atom stereocenters. The number of halogens is 1. The number of para-hydroxylation sites is 1. The van der Waals surface area contributed by atoms with Gasteiger partial charge in [-0.15, -0.1) is 0 Å². The van der Waals surface area contributed by atoms with Crippen molar-refractivity contribution in [2.45, 2.75) is 0 Å². The first-order valence-corrected chi connectivity index (χ1v) is 9.22. The number of benzene rings is 1. The second kappa shape index (κ2) is 4.19. The van der Waals surface area contributed by atoms with E-state index >= 15 is 0 Å². The number of nitrogens with zero attached hydrogens (tertiary/aromatic N) is 3. The number of fused-ring (bicyclic) bond motifs is 1. The van der Waals surface area contributed by atoms with E-state index in [4.69, 9.17) is 10.7 Å². The van der Waals surface area contributed by atoms with Crippen molar-refractivity contribution in [3.05, 3.63) is 29.8 Å². The summed E-state index contributed by atoms with van der Waals surface area (Å²) in [4.78, 5) is 0. The molecule has 7 heteroatoms. The van der Waals surface area contributed by atoms with E-state index in [1.54, 1.807) is 0 Å². The fourth-order valence-corrected chi connectivity index (χ4v) is 2.31. The summed E-state index contributed by atoms with van der Waals surface area (Å²) in [5.41, 5.74) is 1.57. The van der Waals surface area contributed by atoms with Gasteiger partial charge in [-0.1, -0.05) is 0 Å². The minimum absolute atomic E-state index is 0.0513. The van der Waals surface area contributed by atoms with Crippen LogP contribution in [0.25, 0.3) is 11.0 Å². The van der Waals surface area contributed by atoms with Crippen molar-refractivity contribution in [2.75, 3.05) is 0 Å². The molecule has 0 bridgehead atoms. The molecular formula is C7H5ClN3OSW. The van der Waals surface area contributed by atoms with Crippen LogP contribution in [0.15, 0.2) is 24.3 Å². The SMILES string of the molecule is O[C](n1nnc2ccccc21)[S](Cl)=[W]. The number of hydrogen-bond donors (Lipinski definition) is 1. The van der Waals surface area contributed by atoms with Crippen LogP contribution >= 0.6 is 18.0 Å². The van der Waals surface area contributed by atoms with Gasteiger partial charge in [-0.05, 0) is 0 Å². The Morgan fingerprint density at radius 2 is 2.21 bits per heavy atom. The predicted molar refractivity (Wildman–Crippen MR) is 51.5 cm³/mol.